The zero-order valence-electron chi connectivity index (χ0n) is 13.9. The SMILES string of the molecule is CCNC(=NCCNS(C)(=O)=O)NC1CCCC(CC)C1.I. The zero-order valence-corrected chi connectivity index (χ0v) is 17.0. The molecule has 132 valence electrons. The molecule has 1 rings (SSSR count). The highest BCUT2D eigenvalue weighted by molar-refractivity contribution is 14.0. The van der Waals surface area contributed by atoms with E-state index in [1.807, 2.05) is 6.92 Å². The maximum absolute atomic E-state index is 11.0. The Balaban J connectivity index is 0.00000441. The predicted octanol–water partition coefficient (Wildman–Crippen LogP) is 1.68. The summed E-state index contributed by atoms with van der Waals surface area (Å²) in [4.78, 5) is 4.43. The molecule has 22 heavy (non-hydrogen) atoms. The van der Waals surface area contributed by atoms with Crippen LogP contribution in [-0.4, -0.2) is 46.3 Å². The Morgan fingerprint density at radius 2 is 2.00 bits per heavy atom. The largest absolute Gasteiger partial charge is 0.357 e. The third kappa shape index (κ3) is 9.83. The molecule has 6 nitrogen and oxygen atoms in total. The molecule has 0 aromatic carbocycles. The molecule has 0 heterocycles. The number of hydrogen-bond donors (Lipinski definition) is 3. The van der Waals surface area contributed by atoms with Gasteiger partial charge in [0.15, 0.2) is 5.96 Å². The van der Waals surface area contributed by atoms with Crippen molar-refractivity contribution >= 4 is 40.0 Å². The summed E-state index contributed by atoms with van der Waals surface area (Å²) in [7, 11) is -3.13. The van der Waals surface area contributed by atoms with Crippen LogP contribution in [0.5, 0.6) is 0 Å². The molecule has 1 aliphatic rings. The summed E-state index contributed by atoms with van der Waals surface area (Å²) >= 11 is 0. The summed E-state index contributed by atoms with van der Waals surface area (Å²) in [5.74, 6) is 1.60. The summed E-state index contributed by atoms with van der Waals surface area (Å²) in [6.07, 6.45) is 7.38. The van der Waals surface area contributed by atoms with Crippen molar-refractivity contribution in [2.45, 2.75) is 52.0 Å². The van der Waals surface area contributed by atoms with E-state index in [2.05, 4.69) is 27.3 Å². The molecule has 0 aliphatic heterocycles. The van der Waals surface area contributed by atoms with E-state index in [0.29, 0.717) is 19.1 Å². The topological polar surface area (TPSA) is 82.6 Å². The number of aliphatic imine (C=N–C) groups is 1. The average molecular weight is 446 g/mol. The Labute approximate surface area is 152 Å². The molecule has 0 aromatic rings. The molecule has 0 aromatic heterocycles. The summed E-state index contributed by atoms with van der Waals surface area (Å²) < 4.78 is 24.4. The first-order valence-corrected chi connectivity index (χ1v) is 9.83. The van der Waals surface area contributed by atoms with Crippen molar-refractivity contribution < 1.29 is 8.42 Å². The van der Waals surface area contributed by atoms with Crippen LogP contribution in [0, 0.1) is 5.92 Å². The Hall–Kier alpha value is -0.0900. The van der Waals surface area contributed by atoms with Crippen LogP contribution in [0.2, 0.25) is 0 Å². The van der Waals surface area contributed by atoms with Crippen LogP contribution >= 0.6 is 24.0 Å². The summed E-state index contributed by atoms with van der Waals surface area (Å²) in [6, 6.07) is 0.476. The van der Waals surface area contributed by atoms with Crippen molar-refractivity contribution in [3.05, 3.63) is 0 Å². The maximum Gasteiger partial charge on any atom is 0.208 e. The van der Waals surface area contributed by atoms with Gasteiger partial charge in [-0.05, 0) is 25.7 Å². The fraction of sp³-hybridized carbons (Fsp3) is 0.929. The van der Waals surface area contributed by atoms with Gasteiger partial charge >= 0.3 is 0 Å². The molecule has 2 atom stereocenters. The van der Waals surface area contributed by atoms with Crippen LogP contribution in [0.4, 0.5) is 0 Å². The third-order valence-corrected chi connectivity index (χ3v) is 4.52. The van der Waals surface area contributed by atoms with E-state index < -0.39 is 10.0 Å². The van der Waals surface area contributed by atoms with Gasteiger partial charge in [0.1, 0.15) is 0 Å². The van der Waals surface area contributed by atoms with Crippen molar-refractivity contribution in [2.75, 3.05) is 25.9 Å². The highest BCUT2D eigenvalue weighted by Crippen LogP contribution is 2.26. The number of rotatable bonds is 7. The fourth-order valence-electron chi connectivity index (χ4n) is 2.70. The molecule has 0 spiro atoms. The Morgan fingerprint density at radius 3 is 2.59 bits per heavy atom. The van der Waals surface area contributed by atoms with E-state index in [1.165, 1.54) is 32.1 Å². The van der Waals surface area contributed by atoms with E-state index in [1.54, 1.807) is 0 Å². The van der Waals surface area contributed by atoms with Gasteiger partial charge < -0.3 is 10.6 Å². The minimum Gasteiger partial charge on any atom is -0.357 e. The second-order valence-corrected chi connectivity index (χ2v) is 7.54. The first-order chi connectivity index (χ1) is 9.94. The van der Waals surface area contributed by atoms with Gasteiger partial charge in [-0.1, -0.05) is 26.2 Å². The lowest BCUT2D eigenvalue weighted by atomic mass is 9.84. The van der Waals surface area contributed by atoms with Crippen molar-refractivity contribution in [3.8, 4) is 0 Å². The molecule has 0 amide bonds. The molecule has 2 unspecified atom stereocenters. The smallest absolute Gasteiger partial charge is 0.208 e. The molecular weight excluding hydrogens is 415 g/mol. The predicted molar refractivity (Wildman–Crippen MR) is 103 cm³/mol. The Bertz CT molecular complexity index is 429. The fourth-order valence-corrected chi connectivity index (χ4v) is 3.17. The van der Waals surface area contributed by atoms with E-state index in [-0.39, 0.29) is 24.0 Å². The van der Waals surface area contributed by atoms with Crippen LogP contribution in [0.15, 0.2) is 4.99 Å². The standard InChI is InChI=1S/C14H30N4O2S.HI/c1-4-12-7-6-8-13(11-12)18-14(15-5-2)16-9-10-17-21(3,19)20;/h12-13,17H,4-11H2,1-3H3,(H2,15,16,18);1H. The number of guanidine groups is 1. The minimum absolute atomic E-state index is 0. The van der Waals surface area contributed by atoms with Gasteiger partial charge in [0.05, 0.1) is 12.8 Å². The number of nitrogens with zero attached hydrogens (tertiary/aromatic N) is 1. The summed E-state index contributed by atoms with van der Waals surface area (Å²) in [6.45, 7) is 5.85. The van der Waals surface area contributed by atoms with E-state index >= 15 is 0 Å². The second kappa shape index (κ2) is 11.4. The number of halogens is 1. The van der Waals surface area contributed by atoms with E-state index in [4.69, 9.17) is 0 Å². The number of nitrogens with one attached hydrogen (secondary N) is 3. The van der Waals surface area contributed by atoms with Gasteiger partial charge in [0.2, 0.25) is 10.0 Å². The molecule has 0 radical (unpaired) electrons. The van der Waals surface area contributed by atoms with Crippen LogP contribution < -0.4 is 15.4 Å². The highest BCUT2D eigenvalue weighted by atomic mass is 127. The summed E-state index contributed by atoms with van der Waals surface area (Å²) in [5.41, 5.74) is 0. The molecular formula is C14H31IN4O2S. The first kappa shape index (κ1) is 21.9. The monoisotopic (exact) mass is 446 g/mol. The van der Waals surface area contributed by atoms with Crippen molar-refractivity contribution in [2.24, 2.45) is 10.9 Å². The lowest BCUT2D eigenvalue weighted by Crippen LogP contribution is -2.45. The average Bonchev–Trinajstić information content (AvgIpc) is 2.43. The quantitative estimate of drug-likeness (QED) is 0.241. The Morgan fingerprint density at radius 1 is 1.27 bits per heavy atom. The van der Waals surface area contributed by atoms with Crippen molar-refractivity contribution in [1.82, 2.24) is 15.4 Å². The highest BCUT2D eigenvalue weighted by Gasteiger charge is 2.21. The molecule has 1 fully saturated rings. The Kier molecular flexibility index (Phi) is 11.4. The molecule has 8 heteroatoms. The van der Waals surface area contributed by atoms with Gasteiger partial charge in [-0.2, -0.15) is 0 Å². The van der Waals surface area contributed by atoms with Crippen molar-refractivity contribution in [3.63, 3.8) is 0 Å². The van der Waals surface area contributed by atoms with Gasteiger partial charge in [-0.15, -0.1) is 24.0 Å². The molecule has 1 aliphatic carbocycles. The van der Waals surface area contributed by atoms with Crippen LogP contribution in [0.3, 0.4) is 0 Å². The van der Waals surface area contributed by atoms with Crippen molar-refractivity contribution in [1.29, 1.82) is 0 Å². The minimum atomic E-state index is -3.13. The van der Waals surface area contributed by atoms with E-state index in [0.717, 1.165) is 24.7 Å². The van der Waals surface area contributed by atoms with Gasteiger partial charge in [-0.3, -0.25) is 4.99 Å². The molecule has 3 N–H and O–H groups in total. The summed E-state index contributed by atoms with van der Waals surface area (Å²) in [5, 5.41) is 6.70. The second-order valence-electron chi connectivity index (χ2n) is 5.71. The normalized spacial score (nSPS) is 22.8. The lowest BCUT2D eigenvalue weighted by molar-refractivity contribution is 0.298. The van der Waals surface area contributed by atoms with Gasteiger partial charge in [-0.25, -0.2) is 13.1 Å². The molecule has 0 saturated heterocycles. The number of sulfonamides is 1. The maximum atomic E-state index is 11.0. The van der Waals surface area contributed by atoms with Gasteiger partial charge in [0, 0.05) is 19.1 Å². The lowest BCUT2D eigenvalue weighted by Gasteiger charge is -2.30. The van der Waals surface area contributed by atoms with E-state index in [9.17, 15) is 8.42 Å². The van der Waals surface area contributed by atoms with Gasteiger partial charge in [0.25, 0.3) is 0 Å². The first-order valence-electron chi connectivity index (χ1n) is 7.94. The molecule has 0 bridgehead atoms. The zero-order chi connectivity index (χ0) is 15.7. The van der Waals surface area contributed by atoms with Crippen LogP contribution in [0.1, 0.15) is 46.0 Å². The third-order valence-electron chi connectivity index (χ3n) is 3.79. The van der Waals surface area contributed by atoms with Crippen LogP contribution in [-0.2, 0) is 10.0 Å². The molecule has 1 saturated carbocycles. The van der Waals surface area contributed by atoms with Crippen LogP contribution in [0.25, 0.3) is 0 Å². The number of hydrogen-bond acceptors (Lipinski definition) is 3.